The molecule has 4 heteroatoms. The molecule has 0 aliphatic carbocycles. The molecule has 19 heavy (non-hydrogen) atoms. The molecule has 2 saturated heterocycles. The number of nitrogens with zero attached hydrogens (tertiary/aromatic N) is 1. The van der Waals surface area contributed by atoms with Crippen molar-refractivity contribution < 1.29 is 14.6 Å². The van der Waals surface area contributed by atoms with Crippen molar-refractivity contribution in [1.29, 1.82) is 0 Å². The van der Waals surface area contributed by atoms with Crippen molar-refractivity contribution in [3.63, 3.8) is 0 Å². The first-order valence-corrected chi connectivity index (χ1v) is 6.84. The molecule has 2 aliphatic rings. The van der Waals surface area contributed by atoms with E-state index in [1.165, 1.54) is 5.56 Å². The van der Waals surface area contributed by atoms with E-state index >= 15 is 0 Å². The Morgan fingerprint density at radius 2 is 1.84 bits per heavy atom. The summed E-state index contributed by atoms with van der Waals surface area (Å²) in [5.74, 6) is -0.859. The van der Waals surface area contributed by atoms with Crippen LogP contribution in [0.2, 0.25) is 0 Å². The summed E-state index contributed by atoms with van der Waals surface area (Å²) in [5.41, 5.74) is 1.29. The Bertz CT molecular complexity index is 434. The first kappa shape index (κ1) is 12.6. The van der Waals surface area contributed by atoms with Crippen LogP contribution in [-0.4, -0.2) is 41.3 Å². The number of carboxylic acids is 1. The monoisotopic (exact) mass is 261 g/mol. The number of aliphatic carboxylic acids is 1. The van der Waals surface area contributed by atoms with Crippen LogP contribution in [0.3, 0.4) is 0 Å². The quantitative estimate of drug-likeness (QED) is 0.900. The van der Waals surface area contributed by atoms with Crippen LogP contribution in [0.25, 0.3) is 0 Å². The third-order valence-corrected chi connectivity index (χ3v) is 4.23. The van der Waals surface area contributed by atoms with Crippen molar-refractivity contribution in [3.8, 4) is 0 Å². The van der Waals surface area contributed by atoms with Crippen molar-refractivity contribution >= 4 is 5.97 Å². The summed E-state index contributed by atoms with van der Waals surface area (Å²) in [5, 5.41) is 9.21. The maximum Gasteiger partial charge on any atom is 0.306 e. The van der Waals surface area contributed by atoms with Gasteiger partial charge in [0.2, 0.25) is 0 Å². The van der Waals surface area contributed by atoms with Gasteiger partial charge in [-0.2, -0.15) is 0 Å². The standard InChI is InChI=1S/C15H19NO3/c17-15(18)12-6-13-9-19-10-14(7-12)16(13)8-11-4-2-1-3-5-11/h1-5,12-14H,6-10H2,(H,17,18)/t13-,14-/m0/s1. The third kappa shape index (κ3) is 2.65. The van der Waals surface area contributed by atoms with Gasteiger partial charge in [0.1, 0.15) is 0 Å². The highest BCUT2D eigenvalue weighted by Gasteiger charge is 2.41. The lowest BCUT2D eigenvalue weighted by Gasteiger charge is -2.47. The van der Waals surface area contributed by atoms with Gasteiger partial charge in [-0.25, -0.2) is 0 Å². The minimum atomic E-state index is -0.656. The summed E-state index contributed by atoms with van der Waals surface area (Å²) in [4.78, 5) is 13.6. The van der Waals surface area contributed by atoms with Crippen LogP contribution in [0.4, 0.5) is 0 Å². The van der Waals surface area contributed by atoms with Crippen molar-refractivity contribution in [2.75, 3.05) is 13.2 Å². The molecular formula is C15H19NO3. The molecule has 2 fully saturated rings. The summed E-state index contributed by atoms with van der Waals surface area (Å²) >= 11 is 0. The molecule has 2 aliphatic heterocycles. The molecule has 2 atom stereocenters. The largest absolute Gasteiger partial charge is 0.481 e. The fourth-order valence-electron chi connectivity index (χ4n) is 3.24. The number of rotatable bonds is 3. The van der Waals surface area contributed by atoms with Crippen LogP contribution in [0, 0.1) is 5.92 Å². The normalized spacial score (nSPS) is 31.1. The van der Waals surface area contributed by atoms with Crippen molar-refractivity contribution in [2.24, 2.45) is 5.92 Å². The molecule has 0 unspecified atom stereocenters. The van der Waals surface area contributed by atoms with Gasteiger partial charge in [-0.1, -0.05) is 30.3 Å². The number of benzene rings is 1. The average Bonchev–Trinajstić information content (AvgIpc) is 2.39. The SMILES string of the molecule is O=C(O)C1C[C@H]2COC[C@H](C1)N2Cc1ccccc1. The van der Waals surface area contributed by atoms with Crippen molar-refractivity contribution in [1.82, 2.24) is 4.90 Å². The highest BCUT2D eigenvalue weighted by Crippen LogP contribution is 2.32. The van der Waals surface area contributed by atoms with Gasteiger partial charge in [0, 0.05) is 18.6 Å². The van der Waals surface area contributed by atoms with E-state index in [4.69, 9.17) is 4.74 Å². The molecule has 2 heterocycles. The Morgan fingerprint density at radius 1 is 1.21 bits per heavy atom. The number of ether oxygens (including phenoxy) is 1. The number of piperidine rings is 1. The van der Waals surface area contributed by atoms with E-state index < -0.39 is 5.97 Å². The minimum absolute atomic E-state index is 0.203. The van der Waals surface area contributed by atoms with E-state index in [0.717, 1.165) is 6.54 Å². The molecule has 0 spiro atoms. The van der Waals surface area contributed by atoms with Crippen LogP contribution in [0.5, 0.6) is 0 Å². The number of hydrogen-bond acceptors (Lipinski definition) is 3. The summed E-state index contributed by atoms with van der Waals surface area (Å²) in [6, 6.07) is 10.9. The summed E-state index contributed by atoms with van der Waals surface area (Å²) in [6.45, 7) is 2.21. The lowest BCUT2D eigenvalue weighted by Crippen LogP contribution is -2.57. The lowest BCUT2D eigenvalue weighted by atomic mass is 9.85. The number of carbonyl (C=O) groups is 1. The second kappa shape index (κ2) is 5.31. The maximum atomic E-state index is 11.2. The van der Waals surface area contributed by atoms with Gasteiger partial charge < -0.3 is 9.84 Å². The summed E-state index contributed by atoms with van der Waals surface area (Å²) in [7, 11) is 0. The van der Waals surface area contributed by atoms with Crippen LogP contribution in [0.1, 0.15) is 18.4 Å². The van der Waals surface area contributed by atoms with Gasteiger partial charge in [0.25, 0.3) is 0 Å². The highest BCUT2D eigenvalue weighted by atomic mass is 16.5. The predicted molar refractivity (Wildman–Crippen MR) is 70.7 cm³/mol. The lowest BCUT2D eigenvalue weighted by molar-refractivity contribution is -0.151. The fraction of sp³-hybridized carbons (Fsp3) is 0.533. The zero-order valence-electron chi connectivity index (χ0n) is 10.9. The Balaban J connectivity index is 1.74. The van der Waals surface area contributed by atoms with E-state index in [-0.39, 0.29) is 18.0 Å². The van der Waals surface area contributed by atoms with E-state index in [2.05, 4.69) is 17.0 Å². The number of fused-ring (bicyclic) bond motifs is 2. The Labute approximate surface area is 113 Å². The van der Waals surface area contributed by atoms with E-state index in [0.29, 0.717) is 26.1 Å². The molecule has 0 saturated carbocycles. The fourth-order valence-corrected chi connectivity index (χ4v) is 3.24. The van der Waals surface area contributed by atoms with Crippen LogP contribution in [-0.2, 0) is 16.1 Å². The molecule has 0 amide bonds. The Hall–Kier alpha value is -1.39. The molecule has 102 valence electrons. The molecule has 0 aromatic heterocycles. The van der Waals surface area contributed by atoms with Gasteiger partial charge in [0.05, 0.1) is 19.1 Å². The van der Waals surface area contributed by atoms with Gasteiger partial charge in [-0.05, 0) is 18.4 Å². The van der Waals surface area contributed by atoms with E-state index in [1.807, 2.05) is 18.2 Å². The van der Waals surface area contributed by atoms with Gasteiger partial charge >= 0.3 is 5.97 Å². The van der Waals surface area contributed by atoms with Crippen LogP contribution < -0.4 is 0 Å². The third-order valence-electron chi connectivity index (χ3n) is 4.23. The topological polar surface area (TPSA) is 49.8 Å². The maximum absolute atomic E-state index is 11.2. The van der Waals surface area contributed by atoms with Gasteiger partial charge in [-0.3, -0.25) is 9.69 Å². The van der Waals surface area contributed by atoms with Crippen molar-refractivity contribution in [2.45, 2.75) is 31.5 Å². The summed E-state index contributed by atoms with van der Waals surface area (Å²) < 4.78 is 5.60. The zero-order valence-corrected chi connectivity index (χ0v) is 10.9. The molecule has 2 bridgehead atoms. The van der Waals surface area contributed by atoms with Gasteiger partial charge in [0.15, 0.2) is 0 Å². The molecule has 1 aromatic rings. The predicted octanol–water partition coefficient (Wildman–Crippen LogP) is 1.75. The summed E-state index contributed by atoms with van der Waals surface area (Å²) in [6.07, 6.45) is 1.41. The number of hydrogen-bond donors (Lipinski definition) is 1. The molecular weight excluding hydrogens is 242 g/mol. The number of morpholine rings is 1. The first-order chi connectivity index (χ1) is 9.24. The molecule has 4 nitrogen and oxygen atoms in total. The second-order valence-corrected chi connectivity index (χ2v) is 5.51. The zero-order chi connectivity index (χ0) is 13.2. The molecule has 3 rings (SSSR count). The molecule has 0 radical (unpaired) electrons. The van der Waals surface area contributed by atoms with Crippen LogP contribution in [0.15, 0.2) is 30.3 Å². The van der Waals surface area contributed by atoms with E-state index in [1.54, 1.807) is 0 Å². The van der Waals surface area contributed by atoms with Crippen LogP contribution >= 0.6 is 0 Å². The Morgan fingerprint density at radius 3 is 2.42 bits per heavy atom. The molecule has 1 aromatic carbocycles. The Kier molecular flexibility index (Phi) is 3.53. The van der Waals surface area contributed by atoms with Gasteiger partial charge in [-0.15, -0.1) is 0 Å². The van der Waals surface area contributed by atoms with Crippen molar-refractivity contribution in [3.05, 3.63) is 35.9 Å². The van der Waals surface area contributed by atoms with E-state index in [9.17, 15) is 9.90 Å². The first-order valence-electron chi connectivity index (χ1n) is 6.84. The smallest absolute Gasteiger partial charge is 0.306 e. The average molecular weight is 261 g/mol. The number of carboxylic acid groups (broad SMARTS) is 1. The second-order valence-electron chi connectivity index (χ2n) is 5.51. The minimum Gasteiger partial charge on any atom is -0.481 e. The molecule has 1 N–H and O–H groups in total. The highest BCUT2D eigenvalue weighted by molar-refractivity contribution is 5.70.